The summed E-state index contributed by atoms with van der Waals surface area (Å²) in [7, 11) is 1.57. The van der Waals surface area contributed by atoms with E-state index < -0.39 is 0 Å². The van der Waals surface area contributed by atoms with Crippen LogP contribution in [0, 0.1) is 0 Å². The number of amides is 1. The van der Waals surface area contributed by atoms with Crippen molar-refractivity contribution in [2.75, 3.05) is 30.0 Å². The summed E-state index contributed by atoms with van der Waals surface area (Å²) in [6.07, 6.45) is 7.34. The highest BCUT2D eigenvalue weighted by atomic mass is 16.5. The monoisotopic (exact) mass is 377 g/mol. The lowest BCUT2D eigenvalue weighted by Gasteiger charge is -2.16. The molecule has 1 saturated heterocycles. The predicted octanol–water partition coefficient (Wildman–Crippen LogP) is 1.83. The quantitative estimate of drug-likeness (QED) is 0.685. The zero-order valence-electron chi connectivity index (χ0n) is 15.4. The smallest absolute Gasteiger partial charge is 0.262 e. The minimum absolute atomic E-state index is 0.113. The number of anilines is 2. The van der Waals surface area contributed by atoms with Gasteiger partial charge in [-0.2, -0.15) is 5.10 Å². The topological polar surface area (TPSA) is 89.3 Å². The van der Waals surface area contributed by atoms with Crippen LogP contribution in [0.2, 0.25) is 0 Å². The molecule has 0 bridgehead atoms. The molecule has 0 saturated carbocycles. The molecule has 1 fully saturated rings. The first-order chi connectivity index (χ1) is 13.7. The predicted molar refractivity (Wildman–Crippen MR) is 102 cm³/mol. The number of hydrogen-bond acceptors (Lipinski definition) is 7. The molecule has 0 aliphatic carbocycles. The van der Waals surface area contributed by atoms with Gasteiger partial charge in [0.2, 0.25) is 0 Å². The number of nitrogens with zero attached hydrogens (tertiary/aromatic N) is 7. The van der Waals surface area contributed by atoms with Gasteiger partial charge in [-0.1, -0.05) is 0 Å². The fourth-order valence-corrected chi connectivity index (χ4v) is 3.62. The molecular formula is C19H19N7O2. The Labute approximate surface area is 161 Å². The summed E-state index contributed by atoms with van der Waals surface area (Å²) in [4.78, 5) is 20.8. The lowest BCUT2D eigenvalue weighted by molar-refractivity contribution is 0.0996. The summed E-state index contributed by atoms with van der Waals surface area (Å²) >= 11 is 0. The zero-order valence-corrected chi connectivity index (χ0v) is 15.4. The van der Waals surface area contributed by atoms with Gasteiger partial charge in [-0.25, -0.2) is 4.68 Å². The molecule has 0 radical (unpaired) electrons. The fourth-order valence-electron chi connectivity index (χ4n) is 3.62. The second-order valence-corrected chi connectivity index (χ2v) is 6.85. The normalized spacial score (nSPS) is 16.0. The first-order valence-electron chi connectivity index (χ1n) is 9.21. The van der Waals surface area contributed by atoms with Crippen molar-refractivity contribution in [1.82, 2.24) is 25.0 Å². The van der Waals surface area contributed by atoms with Crippen molar-refractivity contribution in [1.29, 1.82) is 0 Å². The minimum Gasteiger partial charge on any atom is -0.495 e. The largest absolute Gasteiger partial charge is 0.495 e. The van der Waals surface area contributed by atoms with Crippen LogP contribution in [0.1, 0.15) is 28.9 Å². The Kier molecular flexibility index (Phi) is 3.92. The highest BCUT2D eigenvalue weighted by Gasteiger charge is 2.32. The molecule has 9 heteroatoms. The second kappa shape index (κ2) is 6.59. The van der Waals surface area contributed by atoms with Crippen molar-refractivity contribution in [3.8, 4) is 11.6 Å². The summed E-state index contributed by atoms with van der Waals surface area (Å²) in [5.74, 6) is 1.97. The maximum atomic E-state index is 12.8. The molecule has 142 valence electrons. The molecule has 0 unspecified atom stereocenters. The molecular weight excluding hydrogens is 358 g/mol. The van der Waals surface area contributed by atoms with Gasteiger partial charge in [0.05, 0.1) is 43.0 Å². The van der Waals surface area contributed by atoms with Crippen molar-refractivity contribution < 1.29 is 9.53 Å². The van der Waals surface area contributed by atoms with E-state index in [-0.39, 0.29) is 5.91 Å². The molecule has 2 aliphatic heterocycles. The first kappa shape index (κ1) is 16.7. The van der Waals surface area contributed by atoms with Gasteiger partial charge in [0.25, 0.3) is 5.91 Å². The number of fused-ring (bicyclic) bond motifs is 1. The van der Waals surface area contributed by atoms with Gasteiger partial charge >= 0.3 is 0 Å². The molecule has 0 spiro atoms. The molecule has 3 aromatic rings. The third-order valence-electron chi connectivity index (χ3n) is 5.12. The lowest BCUT2D eigenvalue weighted by Crippen LogP contribution is -2.24. The van der Waals surface area contributed by atoms with Crippen LogP contribution in [0.5, 0.6) is 5.75 Å². The van der Waals surface area contributed by atoms with Crippen LogP contribution in [0.15, 0.2) is 36.8 Å². The van der Waals surface area contributed by atoms with E-state index in [9.17, 15) is 4.79 Å². The van der Waals surface area contributed by atoms with Crippen molar-refractivity contribution in [3.63, 3.8) is 0 Å². The number of rotatable bonds is 4. The number of methoxy groups -OCH3 is 1. The van der Waals surface area contributed by atoms with Crippen molar-refractivity contribution in [3.05, 3.63) is 48.0 Å². The number of pyridine rings is 1. The molecule has 28 heavy (non-hydrogen) atoms. The van der Waals surface area contributed by atoms with E-state index in [1.54, 1.807) is 41.3 Å². The van der Waals surface area contributed by atoms with Gasteiger partial charge < -0.3 is 14.5 Å². The Morgan fingerprint density at radius 3 is 2.57 bits per heavy atom. The van der Waals surface area contributed by atoms with E-state index in [1.807, 2.05) is 12.1 Å². The Hall–Kier alpha value is -3.49. The Morgan fingerprint density at radius 1 is 1.07 bits per heavy atom. The van der Waals surface area contributed by atoms with E-state index in [4.69, 9.17) is 4.74 Å². The fraction of sp³-hybridized carbons (Fsp3) is 0.316. The molecule has 5 rings (SSSR count). The van der Waals surface area contributed by atoms with Gasteiger partial charge in [-0.3, -0.25) is 9.78 Å². The van der Waals surface area contributed by atoms with Gasteiger partial charge in [-0.15, -0.1) is 10.2 Å². The number of carbonyl (C=O) groups is 1. The average molecular weight is 377 g/mol. The van der Waals surface area contributed by atoms with Gasteiger partial charge in [-0.05, 0) is 25.0 Å². The van der Waals surface area contributed by atoms with E-state index >= 15 is 0 Å². The van der Waals surface area contributed by atoms with Crippen molar-refractivity contribution in [2.45, 2.75) is 19.4 Å². The van der Waals surface area contributed by atoms with E-state index in [1.165, 1.54) is 12.8 Å². The third-order valence-corrected chi connectivity index (χ3v) is 5.12. The molecule has 0 aromatic carbocycles. The molecule has 1 amide bonds. The SMILES string of the molecule is COc1cncc(N2Cc3nn(-c4ccc(N5CCCC5)nn4)cc3C2=O)c1. The summed E-state index contributed by atoms with van der Waals surface area (Å²) < 4.78 is 6.81. The number of aromatic nitrogens is 5. The highest BCUT2D eigenvalue weighted by Crippen LogP contribution is 2.29. The minimum atomic E-state index is -0.113. The van der Waals surface area contributed by atoms with E-state index in [0.29, 0.717) is 35.1 Å². The number of ether oxygens (including phenoxy) is 1. The number of carbonyl (C=O) groups excluding carboxylic acids is 1. The summed E-state index contributed by atoms with van der Waals surface area (Å²) in [5.41, 5.74) is 1.95. The van der Waals surface area contributed by atoms with Crippen LogP contribution < -0.4 is 14.5 Å². The molecule has 3 aromatic heterocycles. The first-order valence-corrected chi connectivity index (χ1v) is 9.21. The van der Waals surface area contributed by atoms with E-state index in [0.717, 1.165) is 18.9 Å². The number of hydrogen-bond donors (Lipinski definition) is 0. The maximum absolute atomic E-state index is 12.8. The zero-order chi connectivity index (χ0) is 19.1. The summed E-state index contributed by atoms with van der Waals surface area (Å²) in [6, 6.07) is 5.63. The average Bonchev–Trinajstić information content (AvgIpc) is 3.46. The van der Waals surface area contributed by atoms with Crippen LogP contribution in [0.3, 0.4) is 0 Å². The van der Waals surface area contributed by atoms with Crippen molar-refractivity contribution >= 4 is 17.4 Å². The lowest BCUT2D eigenvalue weighted by atomic mass is 10.3. The molecule has 0 atom stereocenters. The Balaban J connectivity index is 1.38. The Morgan fingerprint density at radius 2 is 1.86 bits per heavy atom. The van der Waals surface area contributed by atoms with Crippen molar-refractivity contribution in [2.24, 2.45) is 0 Å². The molecule has 9 nitrogen and oxygen atoms in total. The van der Waals surface area contributed by atoms with Crippen LogP contribution >= 0.6 is 0 Å². The van der Waals surface area contributed by atoms with Gasteiger partial charge in [0, 0.05) is 25.4 Å². The van der Waals surface area contributed by atoms with Crippen LogP contribution in [0.4, 0.5) is 11.5 Å². The van der Waals surface area contributed by atoms with Crippen LogP contribution in [-0.4, -0.2) is 51.1 Å². The maximum Gasteiger partial charge on any atom is 0.262 e. The van der Waals surface area contributed by atoms with Gasteiger partial charge in [0.15, 0.2) is 11.6 Å². The Bertz CT molecular complexity index is 1030. The summed E-state index contributed by atoms with van der Waals surface area (Å²) in [5, 5.41) is 13.2. The standard InChI is InChI=1S/C19H19N7O2/c1-28-14-8-13(9-20-10-14)25-12-16-15(19(25)27)11-26(23-16)18-5-4-17(21-22-18)24-6-2-3-7-24/h4-5,8-11H,2-3,6-7,12H2,1H3. The van der Waals surface area contributed by atoms with E-state index in [2.05, 4.69) is 25.2 Å². The summed E-state index contributed by atoms with van der Waals surface area (Å²) in [6.45, 7) is 2.43. The van der Waals surface area contributed by atoms with Crippen LogP contribution in [0.25, 0.3) is 5.82 Å². The second-order valence-electron chi connectivity index (χ2n) is 6.85. The van der Waals surface area contributed by atoms with Gasteiger partial charge in [0.1, 0.15) is 5.75 Å². The molecule has 2 aliphatic rings. The molecule has 5 heterocycles. The highest BCUT2D eigenvalue weighted by molar-refractivity contribution is 6.09. The van der Waals surface area contributed by atoms with Crippen LogP contribution in [-0.2, 0) is 6.54 Å². The third kappa shape index (κ3) is 2.75. The molecule has 0 N–H and O–H groups in total.